The average Bonchev–Trinajstić information content (AvgIpc) is 3.71. The second-order valence-electron chi connectivity index (χ2n) is 10.1. The molecule has 4 rings (SSSR count). The van der Waals surface area contributed by atoms with E-state index in [4.69, 9.17) is 10.5 Å². The fraction of sp³-hybridized carbons (Fsp3) is 0.500. The first-order chi connectivity index (χ1) is 18.0. The van der Waals surface area contributed by atoms with Crippen molar-refractivity contribution in [3.63, 3.8) is 0 Å². The lowest BCUT2D eigenvalue weighted by molar-refractivity contribution is -0.122. The molecule has 1 aromatic heterocycles. The number of rotatable bonds is 9. The molecule has 2 heterocycles. The molecule has 1 saturated heterocycles. The number of anilines is 1. The van der Waals surface area contributed by atoms with Crippen LogP contribution < -0.4 is 26.1 Å². The van der Waals surface area contributed by atoms with E-state index in [0.29, 0.717) is 37.0 Å². The number of carbonyl (C=O) groups excluding carboxylic acids is 1. The number of likely N-dealkylation sites (N-methyl/N-ethyl adjacent to an activating group) is 1. The monoisotopic (exact) mass is 533 g/mol. The number of benzene rings is 1. The van der Waals surface area contributed by atoms with Crippen LogP contribution in [0.4, 0.5) is 14.5 Å². The SMILES string of the molecule is COc1c(N2CCCC(=C(F)CNC(=O)C(N)CN(C)C)C2)c(F)cc2c(=O)c(C(=O)O)cn(C3CC3)c12. The summed E-state index contributed by atoms with van der Waals surface area (Å²) in [5.74, 6) is -3.03. The molecule has 206 valence electrons. The maximum atomic E-state index is 15.6. The van der Waals surface area contributed by atoms with Crippen molar-refractivity contribution < 1.29 is 28.2 Å². The fourth-order valence-electron chi connectivity index (χ4n) is 4.91. The van der Waals surface area contributed by atoms with E-state index >= 15 is 8.78 Å². The standard InChI is InChI=1S/C26H33F2N5O5/c1-31(2)13-20(29)25(35)30-10-19(28)14-5-4-8-32(11-14)22-18(27)9-16-21(24(22)38-3)33(15-6-7-15)12-17(23(16)34)26(36)37/h9,12,15,20H,4-8,10-11,13,29H2,1-3H3,(H,30,35)(H,36,37). The van der Waals surface area contributed by atoms with Gasteiger partial charge in [0.15, 0.2) is 11.6 Å². The molecule has 0 spiro atoms. The summed E-state index contributed by atoms with van der Waals surface area (Å²) < 4.78 is 38.0. The van der Waals surface area contributed by atoms with Gasteiger partial charge in [-0.1, -0.05) is 0 Å². The number of carboxylic acid groups (broad SMARTS) is 1. The molecule has 2 fully saturated rings. The lowest BCUT2D eigenvalue weighted by Gasteiger charge is -2.33. The highest BCUT2D eigenvalue weighted by molar-refractivity contribution is 5.97. The summed E-state index contributed by atoms with van der Waals surface area (Å²) in [7, 11) is 4.92. The minimum absolute atomic E-state index is 0.0276. The first kappa shape index (κ1) is 27.5. The van der Waals surface area contributed by atoms with Crippen LogP contribution in [0.2, 0.25) is 0 Å². The molecule has 38 heavy (non-hydrogen) atoms. The molecule has 0 bridgehead atoms. The Balaban J connectivity index is 1.68. The topological polar surface area (TPSA) is 130 Å². The molecular formula is C26H33F2N5O5. The molecular weight excluding hydrogens is 500 g/mol. The summed E-state index contributed by atoms with van der Waals surface area (Å²) in [4.78, 5) is 40.2. The highest BCUT2D eigenvalue weighted by Gasteiger charge is 2.32. The number of aromatic carboxylic acids is 1. The van der Waals surface area contributed by atoms with E-state index in [1.807, 2.05) is 0 Å². The summed E-state index contributed by atoms with van der Waals surface area (Å²) in [5.41, 5.74) is 5.43. The zero-order chi connectivity index (χ0) is 27.7. The van der Waals surface area contributed by atoms with E-state index in [9.17, 15) is 19.5 Å². The zero-order valence-corrected chi connectivity index (χ0v) is 21.7. The molecule has 1 aliphatic carbocycles. The van der Waals surface area contributed by atoms with Crippen LogP contribution in [0.25, 0.3) is 10.9 Å². The molecule has 2 aliphatic rings. The summed E-state index contributed by atoms with van der Waals surface area (Å²) in [6.07, 6.45) is 3.84. The molecule has 1 aromatic carbocycles. The number of nitrogens with two attached hydrogens (primary N) is 1. The smallest absolute Gasteiger partial charge is 0.341 e. The number of nitrogens with zero attached hydrogens (tertiary/aromatic N) is 3. The molecule has 0 radical (unpaired) electrons. The summed E-state index contributed by atoms with van der Waals surface area (Å²) in [6.45, 7) is 0.472. The van der Waals surface area contributed by atoms with E-state index in [-0.39, 0.29) is 36.0 Å². The maximum Gasteiger partial charge on any atom is 0.341 e. The van der Waals surface area contributed by atoms with Gasteiger partial charge >= 0.3 is 5.97 Å². The van der Waals surface area contributed by atoms with Gasteiger partial charge in [0, 0.05) is 31.9 Å². The van der Waals surface area contributed by atoms with Crippen LogP contribution in [-0.2, 0) is 4.79 Å². The second kappa shape index (κ2) is 11.1. The quantitative estimate of drug-likeness (QED) is 0.446. The number of ether oxygens (including phenoxy) is 1. The van der Waals surface area contributed by atoms with Crippen LogP contribution >= 0.6 is 0 Å². The number of fused-ring (bicyclic) bond motifs is 1. The van der Waals surface area contributed by atoms with Gasteiger partial charge in [0.1, 0.15) is 17.1 Å². The summed E-state index contributed by atoms with van der Waals surface area (Å²) in [5, 5.41) is 12.0. The van der Waals surface area contributed by atoms with Gasteiger partial charge in [-0.15, -0.1) is 0 Å². The second-order valence-corrected chi connectivity index (χ2v) is 10.1. The van der Waals surface area contributed by atoms with Crippen molar-refractivity contribution in [2.24, 2.45) is 5.73 Å². The van der Waals surface area contributed by atoms with Crippen molar-refractivity contribution in [2.75, 3.05) is 52.3 Å². The Morgan fingerprint density at radius 2 is 2.05 bits per heavy atom. The van der Waals surface area contributed by atoms with E-state index < -0.39 is 40.6 Å². The fourth-order valence-corrected chi connectivity index (χ4v) is 4.91. The zero-order valence-electron chi connectivity index (χ0n) is 21.7. The number of pyridine rings is 1. The molecule has 1 aliphatic heterocycles. The third-order valence-corrected chi connectivity index (χ3v) is 6.88. The van der Waals surface area contributed by atoms with Crippen LogP contribution in [0.5, 0.6) is 5.75 Å². The Kier molecular flexibility index (Phi) is 8.02. The van der Waals surface area contributed by atoms with E-state index in [2.05, 4.69) is 5.32 Å². The number of aromatic nitrogens is 1. The normalized spacial score (nSPS) is 18.0. The van der Waals surface area contributed by atoms with Crippen LogP contribution in [0.3, 0.4) is 0 Å². The first-order valence-electron chi connectivity index (χ1n) is 12.5. The maximum absolute atomic E-state index is 15.6. The Morgan fingerprint density at radius 3 is 2.66 bits per heavy atom. The van der Waals surface area contributed by atoms with Crippen LogP contribution in [0, 0.1) is 5.82 Å². The molecule has 4 N–H and O–H groups in total. The first-order valence-corrected chi connectivity index (χ1v) is 12.5. The number of carbonyl (C=O) groups is 2. The number of amides is 1. The highest BCUT2D eigenvalue weighted by atomic mass is 19.1. The Bertz CT molecular complexity index is 1350. The van der Waals surface area contributed by atoms with Crippen molar-refractivity contribution >= 4 is 28.5 Å². The van der Waals surface area contributed by atoms with Gasteiger partial charge in [-0.25, -0.2) is 13.6 Å². The van der Waals surface area contributed by atoms with Gasteiger partial charge in [-0.05, 0) is 51.4 Å². The summed E-state index contributed by atoms with van der Waals surface area (Å²) >= 11 is 0. The number of hydrogen-bond donors (Lipinski definition) is 3. The molecule has 1 unspecified atom stereocenters. The third kappa shape index (κ3) is 5.51. The average molecular weight is 534 g/mol. The van der Waals surface area contributed by atoms with Crippen molar-refractivity contribution in [1.82, 2.24) is 14.8 Å². The Morgan fingerprint density at radius 1 is 1.34 bits per heavy atom. The van der Waals surface area contributed by atoms with Crippen LogP contribution in [0.15, 0.2) is 28.5 Å². The summed E-state index contributed by atoms with van der Waals surface area (Å²) in [6, 6.07) is 0.217. The number of halogens is 2. The molecule has 10 nitrogen and oxygen atoms in total. The molecule has 12 heteroatoms. The third-order valence-electron chi connectivity index (χ3n) is 6.88. The van der Waals surface area contributed by atoms with E-state index in [1.54, 1.807) is 28.5 Å². The molecule has 1 amide bonds. The largest absolute Gasteiger partial charge is 0.492 e. The highest BCUT2D eigenvalue weighted by Crippen LogP contribution is 2.44. The van der Waals surface area contributed by atoms with Gasteiger partial charge in [-0.3, -0.25) is 9.59 Å². The predicted molar refractivity (Wildman–Crippen MR) is 139 cm³/mol. The van der Waals surface area contributed by atoms with Gasteiger partial charge in [0.05, 0.1) is 30.6 Å². The molecule has 2 aromatic rings. The Hall–Kier alpha value is -3.51. The minimum atomic E-state index is -1.38. The Labute approximate surface area is 218 Å². The minimum Gasteiger partial charge on any atom is -0.492 e. The predicted octanol–water partition coefficient (Wildman–Crippen LogP) is 2.01. The van der Waals surface area contributed by atoms with Gasteiger partial charge in [0.2, 0.25) is 11.3 Å². The van der Waals surface area contributed by atoms with Crippen molar-refractivity contribution in [3.8, 4) is 5.75 Å². The molecule has 1 saturated carbocycles. The van der Waals surface area contributed by atoms with Gasteiger partial charge in [-0.2, -0.15) is 0 Å². The van der Waals surface area contributed by atoms with Gasteiger partial charge < -0.3 is 35.3 Å². The lowest BCUT2D eigenvalue weighted by atomic mass is 10.0. The van der Waals surface area contributed by atoms with Crippen LogP contribution in [-0.4, -0.2) is 79.9 Å². The molecule has 1 atom stereocenters. The van der Waals surface area contributed by atoms with Crippen molar-refractivity contribution in [1.29, 1.82) is 0 Å². The lowest BCUT2D eigenvalue weighted by Crippen LogP contribution is -2.47. The van der Waals surface area contributed by atoms with Crippen molar-refractivity contribution in [2.45, 2.75) is 37.8 Å². The number of nitrogens with one attached hydrogen (secondary N) is 1. The van der Waals surface area contributed by atoms with E-state index in [0.717, 1.165) is 18.9 Å². The van der Waals surface area contributed by atoms with Crippen LogP contribution in [0.1, 0.15) is 42.1 Å². The van der Waals surface area contributed by atoms with Gasteiger partial charge in [0.25, 0.3) is 0 Å². The number of methoxy groups -OCH3 is 1. The van der Waals surface area contributed by atoms with Crippen molar-refractivity contribution in [3.05, 3.63) is 45.3 Å². The number of carboxylic acids is 1. The number of piperidine rings is 1. The van der Waals surface area contributed by atoms with E-state index in [1.165, 1.54) is 13.3 Å². The number of hydrogen-bond acceptors (Lipinski definition) is 7.